The van der Waals surface area contributed by atoms with E-state index in [2.05, 4.69) is 0 Å². The van der Waals surface area contributed by atoms with Crippen molar-refractivity contribution < 1.29 is 19.1 Å². The fourth-order valence-corrected chi connectivity index (χ4v) is 1.75. The first-order valence-electron chi connectivity index (χ1n) is 5.16. The molecule has 2 N–H and O–H groups in total. The molecule has 1 aliphatic rings. The first-order chi connectivity index (χ1) is 8.61. The number of benzene rings is 1. The number of fused-ring (bicyclic) bond motifs is 1. The summed E-state index contributed by atoms with van der Waals surface area (Å²) in [6.45, 7) is -0.0940. The van der Waals surface area contributed by atoms with Gasteiger partial charge >= 0.3 is 0 Å². The molecule has 0 saturated carbocycles. The lowest BCUT2D eigenvalue weighted by Gasteiger charge is -2.20. The van der Waals surface area contributed by atoms with Crippen LogP contribution in [0.15, 0.2) is 18.2 Å². The zero-order valence-corrected chi connectivity index (χ0v) is 10.1. The lowest BCUT2D eigenvalue weighted by molar-refractivity contribution is -0.121. The molecule has 0 saturated heterocycles. The molecule has 0 bridgehead atoms. The van der Waals surface area contributed by atoms with Gasteiger partial charge in [0.25, 0.3) is 0 Å². The van der Waals surface area contributed by atoms with Gasteiger partial charge in [0.1, 0.15) is 12.4 Å². The Morgan fingerprint density at radius 1 is 1.33 bits per heavy atom. The minimum absolute atomic E-state index is 0.137. The van der Waals surface area contributed by atoms with Crippen LogP contribution in [0.25, 0.3) is 0 Å². The van der Waals surface area contributed by atoms with Gasteiger partial charge in [0, 0.05) is 11.8 Å². The van der Waals surface area contributed by atoms with Gasteiger partial charge in [-0.05, 0) is 12.1 Å². The summed E-state index contributed by atoms with van der Waals surface area (Å²) in [7, 11) is 0. The SMILES string of the molecule is NC(=O)CN(C(=O)CCl)c1ccc2c(c1)OCO2. The summed E-state index contributed by atoms with van der Waals surface area (Å²) in [4.78, 5) is 23.8. The highest BCUT2D eigenvalue weighted by Gasteiger charge is 2.20. The Bertz CT molecular complexity index is 492. The van der Waals surface area contributed by atoms with E-state index in [1.807, 2.05) is 0 Å². The van der Waals surface area contributed by atoms with Crippen molar-refractivity contribution in [3.8, 4) is 11.5 Å². The van der Waals surface area contributed by atoms with Gasteiger partial charge in [-0.15, -0.1) is 11.6 Å². The molecule has 6 nitrogen and oxygen atoms in total. The highest BCUT2D eigenvalue weighted by atomic mass is 35.5. The minimum atomic E-state index is -0.619. The van der Waals surface area contributed by atoms with Gasteiger partial charge in [0.15, 0.2) is 11.5 Å². The second-order valence-electron chi connectivity index (χ2n) is 3.62. The molecule has 2 rings (SSSR count). The number of rotatable bonds is 4. The van der Waals surface area contributed by atoms with Crippen LogP contribution in [0, 0.1) is 0 Å². The van der Waals surface area contributed by atoms with Gasteiger partial charge < -0.3 is 20.1 Å². The number of carbonyl (C=O) groups excluding carboxylic acids is 2. The number of hydrogen-bond donors (Lipinski definition) is 1. The number of nitrogens with zero attached hydrogens (tertiary/aromatic N) is 1. The molecule has 1 heterocycles. The fourth-order valence-electron chi connectivity index (χ4n) is 1.60. The zero-order valence-electron chi connectivity index (χ0n) is 9.39. The van der Waals surface area contributed by atoms with Crippen molar-refractivity contribution in [2.45, 2.75) is 0 Å². The van der Waals surface area contributed by atoms with E-state index in [0.29, 0.717) is 17.2 Å². The Labute approximate surface area is 108 Å². The van der Waals surface area contributed by atoms with Crippen molar-refractivity contribution in [2.75, 3.05) is 24.1 Å². The minimum Gasteiger partial charge on any atom is -0.454 e. The molecule has 18 heavy (non-hydrogen) atoms. The molecule has 0 atom stereocenters. The molecule has 1 aromatic rings. The topological polar surface area (TPSA) is 81.9 Å². The zero-order chi connectivity index (χ0) is 13.1. The average Bonchev–Trinajstić information content (AvgIpc) is 2.81. The molecule has 0 unspecified atom stereocenters. The molecule has 0 fully saturated rings. The van der Waals surface area contributed by atoms with Gasteiger partial charge in [0.2, 0.25) is 18.6 Å². The van der Waals surface area contributed by atoms with E-state index in [9.17, 15) is 9.59 Å². The maximum atomic E-state index is 11.7. The lowest BCUT2D eigenvalue weighted by Crippen LogP contribution is -2.39. The molecule has 1 aliphatic heterocycles. The van der Waals surface area contributed by atoms with Crippen LogP contribution >= 0.6 is 11.6 Å². The highest BCUT2D eigenvalue weighted by molar-refractivity contribution is 6.29. The van der Waals surface area contributed by atoms with E-state index >= 15 is 0 Å². The third kappa shape index (κ3) is 2.48. The number of primary amides is 1. The Hall–Kier alpha value is -1.95. The van der Waals surface area contributed by atoms with Gasteiger partial charge in [0.05, 0.1) is 0 Å². The Morgan fingerprint density at radius 2 is 2.06 bits per heavy atom. The van der Waals surface area contributed by atoms with E-state index in [0.717, 1.165) is 0 Å². The second kappa shape index (κ2) is 5.14. The maximum absolute atomic E-state index is 11.7. The summed E-state index contributed by atoms with van der Waals surface area (Å²) >= 11 is 5.50. The molecule has 0 radical (unpaired) electrons. The molecule has 0 aliphatic carbocycles. The number of ether oxygens (including phenoxy) is 2. The third-order valence-electron chi connectivity index (χ3n) is 2.40. The molecule has 1 aromatic carbocycles. The van der Waals surface area contributed by atoms with Crippen LogP contribution in [-0.4, -0.2) is 31.0 Å². The summed E-state index contributed by atoms with van der Waals surface area (Å²) in [5, 5.41) is 0. The van der Waals surface area contributed by atoms with E-state index in [4.69, 9.17) is 26.8 Å². The van der Waals surface area contributed by atoms with Crippen molar-refractivity contribution in [3.63, 3.8) is 0 Å². The van der Waals surface area contributed by atoms with E-state index in [1.165, 1.54) is 4.90 Å². The number of anilines is 1. The highest BCUT2D eigenvalue weighted by Crippen LogP contribution is 2.35. The normalized spacial score (nSPS) is 12.3. The largest absolute Gasteiger partial charge is 0.454 e. The van der Waals surface area contributed by atoms with Crippen LogP contribution in [0.1, 0.15) is 0 Å². The molecule has 0 spiro atoms. The predicted molar refractivity (Wildman–Crippen MR) is 64.8 cm³/mol. The number of carbonyl (C=O) groups is 2. The van der Waals surface area contributed by atoms with Crippen molar-refractivity contribution in [2.24, 2.45) is 5.73 Å². The molecule has 0 aromatic heterocycles. The smallest absolute Gasteiger partial charge is 0.242 e. The predicted octanol–water partition coefficient (Wildman–Crippen LogP) is 0.472. The monoisotopic (exact) mass is 270 g/mol. The number of nitrogens with two attached hydrogens (primary N) is 1. The van der Waals surface area contributed by atoms with Crippen molar-refractivity contribution in [1.82, 2.24) is 0 Å². The molecular weight excluding hydrogens is 260 g/mol. The summed E-state index contributed by atoms with van der Waals surface area (Å²) in [5.41, 5.74) is 5.59. The van der Waals surface area contributed by atoms with Crippen LogP contribution in [0.5, 0.6) is 11.5 Å². The van der Waals surface area contributed by atoms with Gasteiger partial charge in [-0.25, -0.2) is 0 Å². The Morgan fingerprint density at radius 3 is 2.72 bits per heavy atom. The van der Waals surface area contributed by atoms with Crippen LogP contribution < -0.4 is 20.1 Å². The molecule has 7 heteroatoms. The number of alkyl halides is 1. The first-order valence-corrected chi connectivity index (χ1v) is 5.69. The van der Waals surface area contributed by atoms with Gasteiger partial charge in [-0.1, -0.05) is 0 Å². The van der Waals surface area contributed by atoms with Crippen molar-refractivity contribution in [3.05, 3.63) is 18.2 Å². The first kappa shape index (κ1) is 12.5. The van der Waals surface area contributed by atoms with E-state index in [1.54, 1.807) is 18.2 Å². The Kier molecular flexibility index (Phi) is 3.57. The Balaban J connectivity index is 2.30. The number of hydrogen-bond acceptors (Lipinski definition) is 4. The van der Waals surface area contributed by atoms with Crippen LogP contribution in [0.3, 0.4) is 0 Å². The lowest BCUT2D eigenvalue weighted by atomic mass is 10.2. The summed E-state index contributed by atoms with van der Waals surface area (Å²) in [6.07, 6.45) is 0. The van der Waals surface area contributed by atoms with Crippen LogP contribution in [-0.2, 0) is 9.59 Å². The quantitative estimate of drug-likeness (QED) is 0.807. The molecule has 96 valence electrons. The van der Waals surface area contributed by atoms with Gasteiger partial charge in [-0.3, -0.25) is 9.59 Å². The van der Waals surface area contributed by atoms with E-state index < -0.39 is 11.8 Å². The van der Waals surface area contributed by atoms with Crippen molar-refractivity contribution in [1.29, 1.82) is 0 Å². The standard InChI is InChI=1S/C11H11ClN2O4/c12-4-11(16)14(5-10(13)15)7-1-2-8-9(3-7)18-6-17-8/h1-3H,4-6H2,(H2,13,15). The summed E-state index contributed by atoms with van der Waals surface area (Å²) < 4.78 is 10.4. The molecular formula is C11H11ClN2O4. The summed E-state index contributed by atoms with van der Waals surface area (Å²) in [5.74, 6) is -0.150. The van der Waals surface area contributed by atoms with Gasteiger partial charge in [-0.2, -0.15) is 0 Å². The number of amides is 2. The maximum Gasteiger partial charge on any atom is 0.242 e. The fraction of sp³-hybridized carbons (Fsp3) is 0.273. The van der Waals surface area contributed by atoms with Crippen LogP contribution in [0.2, 0.25) is 0 Å². The van der Waals surface area contributed by atoms with Crippen molar-refractivity contribution >= 4 is 29.1 Å². The van der Waals surface area contributed by atoms with Crippen LogP contribution in [0.4, 0.5) is 5.69 Å². The molecule has 2 amide bonds. The second-order valence-corrected chi connectivity index (χ2v) is 3.88. The average molecular weight is 271 g/mol. The van der Waals surface area contributed by atoms with E-state index in [-0.39, 0.29) is 19.2 Å². The number of halogens is 1. The summed E-state index contributed by atoms with van der Waals surface area (Å²) in [6, 6.07) is 4.91. The third-order valence-corrected chi connectivity index (χ3v) is 2.63.